The van der Waals surface area contributed by atoms with Crippen molar-refractivity contribution in [3.05, 3.63) is 30.1 Å². The number of carbonyl (C=O) groups is 2. The van der Waals surface area contributed by atoms with Gasteiger partial charge in [0, 0.05) is 5.54 Å². The minimum Gasteiger partial charge on any atom is -0.305 e. The van der Waals surface area contributed by atoms with Gasteiger partial charge in [-0.1, -0.05) is 12.1 Å². The Morgan fingerprint density at radius 2 is 1.64 bits per heavy atom. The topological polar surface area (TPSA) is 70.2 Å². The summed E-state index contributed by atoms with van der Waals surface area (Å²) in [6, 6.07) is 5.16. The molecular formula is C19H24FN3O2. The Labute approximate surface area is 146 Å². The summed E-state index contributed by atoms with van der Waals surface area (Å²) in [5.74, 6) is 1.48. The number of carbonyl (C=O) groups excluding carboxylic acids is 2. The molecule has 0 aromatic heterocycles. The van der Waals surface area contributed by atoms with Crippen LogP contribution in [0.15, 0.2) is 24.3 Å². The molecule has 3 N–H and O–H groups in total. The molecule has 5 nitrogen and oxygen atoms in total. The third-order valence-corrected chi connectivity index (χ3v) is 6.04. The van der Waals surface area contributed by atoms with E-state index in [0.717, 1.165) is 37.0 Å². The molecule has 0 atom stereocenters. The van der Waals surface area contributed by atoms with Gasteiger partial charge in [-0.15, -0.1) is 0 Å². The number of urea groups is 1. The SMILES string of the molecule is O=C(CNC12CC3CC(CC(C3)C1)C2)NC(=O)Nc1ccccc1F. The van der Waals surface area contributed by atoms with E-state index >= 15 is 0 Å². The monoisotopic (exact) mass is 345 g/mol. The van der Waals surface area contributed by atoms with E-state index in [1.165, 1.54) is 31.4 Å². The van der Waals surface area contributed by atoms with Gasteiger partial charge in [0.05, 0.1) is 12.2 Å². The van der Waals surface area contributed by atoms with E-state index in [1.54, 1.807) is 12.1 Å². The molecule has 134 valence electrons. The molecule has 25 heavy (non-hydrogen) atoms. The third-order valence-electron chi connectivity index (χ3n) is 6.04. The molecule has 4 saturated carbocycles. The normalized spacial score (nSPS) is 32.4. The number of amides is 3. The smallest absolute Gasteiger partial charge is 0.305 e. The summed E-state index contributed by atoms with van der Waals surface area (Å²) in [7, 11) is 0. The molecule has 4 aliphatic carbocycles. The Kier molecular flexibility index (Phi) is 4.23. The van der Waals surface area contributed by atoms with Crippen LogP contribution in [0, 0.1) is 23.6 Å². The van der Waals surface area contributed by atoms with Crippen LogP contribution in [0.1, 0.15) is 38.5 Å². The van der Waals surface area contributed by atoms with Crippen molar-refractivity contribution < 1.29 is 14.0 Å². The standard InChI is InChI=1S/C19H24FN3O2/c20-15-3-1-2-4-16(15)22-18(25)23-17(24)11-21-19-8-12-5-13(9-19)7-14(6-12)10-19/h1-4,12-14,21H,5-11H2,(H2,22,23,24,25). The Balaban J connectivity index is 1.28. The third kappa shape index (κ3) is 3.54. The fraction of sp³-hybridized carbons (Fsp3) is 0.579. The van der Waals surface area contributed by atoms with Gasteiger partial charge >= 0.3 is 6.03 Å². The van der Waals surface area contributed by atoms with Crippen LogP contribution in [0.3, 0.4) is 0 Å². The van der Waals surface area contributed by atoms with Gasteiger partial charge in [-0.05, 0) is 68.4 Å². The predicted molar refractivity (Wildman–Crippen MR) is 92.5 cm³/mol. The number of imide groups is 1. The Morgan fingerprint density at radius 3 is 2.24 bits per heavy atom. The maximum Gasteiger partial charge on any atom is 0.326 e. The molecule has 0 saturated heterocycles. The molecule has 5 rings (SSSR count). The van der Waals surface area contributed by atoms with E-state index in [1.807, 2.05) is 0 Å². The van der Waals surface area contributed by atoms with Crippen molar-refractivity contribution in [2.75, 3.05) is 11.9 Å². The number of hydrogen-bond donors (Lipinski definition) is 3. The lowest BCUT2D eigenvalue weighted by molar-refractivity contribution is -0.120. The van der Waals surface area contributed by atoms with Crippen molar-refractivity contribution in [1.29, 1.82) is 0 Å². The highest BCUT2D eigenvalue weighted by atomic mass is 19.1. The maximum atomic E-state index is 13.5. The van der Waals surface area contributed by atoms with Crippen LogP contribution < -0.4 is 16.0 Å². The van der Waals surface area contributed by atoms with Crippen LogP contribution in [0.4, 0.5) is 14.9 Å². The van der Waals surface area contributed by atoms with Crippen LogP contribution >= 0.6 is 0 Å². The molecule has 4 bridgehead atoms. The highest BCUT2D eigenvalue weighted by Crippen LogP contribution is 2.55. The Hall–Kier alpha value is -1.95. The molecule has 6 heteroatoms. The van der Waals surface area contributed by atoms with E-state index < -0.39 is 11.8 Å². The van der Waals surface area contributed by atoms with Gasteiger partial charge in [0.25, 0.3) is 0 Å². The number of anilines is 1. The zero-order chi connectivity index (χ0) is 17.4. The lowest BCUT2D eigenvalue weighted by atomic mass is 9.53. The first-order valence-corrected chi connectivity index (χ1v) is 9.12. The van der Waals surface area contributed by atoms with E-state index in [2.05, 4.69) is 16.0 Å². The number of hydrogen-bond acceptors (Lipinski definition) is 3. The maximum absolute atomic E-state index is 13.5. The molecule has 1 aromatic rings. The lowest BCUT2D eigenvalue weighted by Crippen LogP contribution is -2.60. The molecule has 0 unspecified atom stereocenters. The second-order valence-electron chi connectivity index (χ2n) is 8.03. The fourth-order valence-electron chi connectivity index (χ4n) is 5.48. The molecule has 1 aromatic carbocycles. The predicted octanol–water partition coefficient (Wildman–Crippen LogP) is 3.03. The zero-order valence-corrected chi connectivity index (χ0v) is 14.2. The van der Waals surface area contributed by atoms with Crippen molar-refractivity contribution in [1.82, 2.24) is 10.6 Å². The van der Waals surface area contributed by atoms with Crippen LogP contribution in [-0.4, -0.2) is 24.0 Å². The lowest BCUT2D eigenvalue weighted by Gasteiger charge is -2.57. The van der Waals surface area contributed by atoms with Gasteiger partial charge < -0.3 is 10.6 Å². The van der Waals surface area contributed by atoms with E-state index in [4.69, 9.17) is 0 Å². The molecule has 0 aliphatic heterocycles. The molecular weight excluding hydrogens is 321 g/mol. The first kappa shape index (κ1) is 16.5. The summed E-state index contributed by atoms with van der Waals surface area (Å²) in [5.41, 5.74) is 0.135. The highest BCUT2D eigenvalue weighted by molar-refractivity contribution is 6.01. The Morgan fingerprint density at radius 1 is 1.04 bits per heavy atom. The van der Waals surface area contributed by atoms with Crippen LogP contribution in [0.25, 0.3) is 0 Å². The van der Waals surface area contributed by atoms with Crippen molar-refractivity contribution in [3.63, 3.8) is 0 Å². The first-order valence-electron chi connectivity index (χ1n) is 9.12. The van der Waals surface area contributed by atoms with Crippen LogP contribution in [-0.2, 0) is 4.79 Å². The molecule has 0 radical (unpaired) electrons. The number of halogens is 1. The fourth-order valence-corrected chi connectivity index (χ4v) is 5.48. The van der Waals surface area contributed by atoms with E-state index in [0.29, 0.717) is 0 Å². The van der Waals surface area contributed by atoms with Crippen molar-refractivity contribution >= 4 is 17.6 Å². The van der Waals surface area contributed by atoms with Crippen LogP contribution in [0.5, 0.6) is 0 Å². The molecule has 0 heterocycles. The van der Waals surface area contributed by atoms with Crippen molar-refractivity contribution in [2.24, 2.45) is 17.8 Å². The zero-order valence-electron chi connectivity index (χ0n) is 14.2. The van der Waals surface area contributed by atoms with Crippen molar-refractivity contribution in [2.45, 2.75) is 44.1 Å². The summed E-state index contributed by atoms with van der Waals surface area (Å²) in [4.78, 5) is 24.0. The minimum absolute atomic E-state index is 0.0573. The molecule has 3 amide bonds. The van der Waals surface area contributed by atoms with Gasteiger partial charge in [-0.2, -0.15) is 0 Å². The summed E-state index contributed by atoms with van der Waals surface area (Å²) in [6.45, 7) is 0.122. The average molecular weight is 345 g/mol. The highest BCUT2D eigenvalue weighted by Gasteiger charge is 2.50. The second kappa shape index (κ2) is 6.41. The number of para-hydroxylation sites is 1. The van der Waals surface area contributed by atoms with Crippen molar-refractivity contribution in [3.8, 4) is 0 Å². The summed E-state index contributed by atoms with van der Waals surface area (Å²) < 4.78 is 13.5. The number of rotatable bonds is 4. The second-order valence-corrected chi connectivity index (χ2v) is 8.03. The minimum atomic E-state index is -0.706. The Bertz CT molecular complexity index is 656. The largest absolute Gasteiger partial charge is 0.326 e. The summed E-state index contributed by atoms with van der Waals surface area (Å²) >= 11 is 0. The average Bonchev–Trinajstić information content (AvgIpc) is 2.54. The van der Waals surface area contributed by atoms with Gasteiger partial charge in [0.1, 0.15) is 5.82 Å². The number of benzene rings is 1. The van der Waals surface area contributed by atoms with Gasteiger partial charge in [-0.25, -0.2) is 9.18 Å². The van der Waals surface area contributed by atoms with Gasteiger partial charge in [0.2, 0.25) is 5.91 Å². The van der Waals surface area contributed by atoms with E-state index in [-0.39, 0.29) is 23.7 Å². The van der Waals surface area contributed by atoms with Crippen LogP contribution in [0.2, 0.25) is 0 Å². The quantitative estimate of drug-likeness (QED) is 0.785. The first-order chi connectivity index (χ1) is 12.0. The number of nitrogens with one attached hydrogen (secondary N) is 3. The van der Waals surface area contributed by atoms with Gasteiger partial charge in [0.15, 0.2) is 0 Å². The molecule has 4 fully saturated rings. The summed E-state index contributed by atoms with van der Waals surface area (Å²) in [6.07, 6.45) is 7.48. The summed E-state index contributed by atoms with van der Waals surface area (Å²) in [5, 5.41) is 8.07. The van der Waals surface area contributed by atoms with E-state index in [9.17, 15) is 14.0 Å². The molecule has 0 spiro atoms. The molecule has 4 aliphatic rings. The van der Waals surface area contributed by atoms with Gasteiger partial charge in [-0.3, -0.25) is 10.1 Å².